The summed E-state index contributed by atoms with van der Waals surface area (Å²) in [4.78, 5) is 10.6. The van der Waals surface area contributed by atoms with E-state index in [4.69, 9.17) is 21.1 Å². The van der Waals surface area contributed by atoms with Crippen molar-refractivity contribution in [1.29, 1.82) is 0 Å². The van der Waals surface area contributed by atoms with E-state index in [0.29, 0.717) is 23.7 Å². The molecule has 0 saturated heterocycles. The average Bonchev–Trinajstić information content (AvgIpc) is 2.35. The minimum atomic E-state index is 0.389. The first-order chi connectivity index (χ1) is 7.71. The van der Waals surface area contributed by atoms with Gasteiger partial charge in [-0.05, 0) is 30.7 Å². The van der Waals surface area contributed by atoms with Gasteiger partial charge in [-0.3, -0.25) is 4.79 Å². The fourth-order valence-electron chi connectivity index (χ4n) is 1.10. The number of ether oxygens (including phenoxy) is 2. The summed E-state index contributed by atoms with van der Waals surface area (Å²) in [6, 6.07) is 5.00. The lowest BCUT2D eigenvalue weighted by Crippen LogP contribution is -2.00. The standard InChI is InChI=1S/C12H13ClO3/c1-9(6-13)8-16-11-4-3-10(7-14)5-12(11)15-2/h3-7H,8H2,1-2H3/b9-6+. The average molecular weight is 241 g/mol. The van der Waals surface area contributed by atoms with E-state index in [1.165, 1.54) is 12.6 Å². The summed E-state index contributed by atoms with van der Waals surface area (Å²) < 4.78 is 10.6. The van der Waals surface area contributed by atoms with Crippen LogP contribution in [0.1, 0.15) is 17.3 Å². The van der Waals surface area contributed by atoms with Crippen molar-refractivity contribution >= 4 is 17.9 Å². The van der Waals surface area contributed by atoms with Gasteiger partial charge in [0.1, 0.15) is 12.9 Å². The number of methoxy groups -OCH3 is 1. The van der Waals surface area contributed by atoms with Gasteiger partial charge in [0.05, 0.1) is 7.11 Å². The van der Waals surface area contributed by atoms with E-state index in [2.05, 4.69) is 0 Å². The smallest absolute Gasteiger partial charge is 0.161 e. The van der Waals surface area contributed by atoms with Gasteiger partial charge in [-0.15, -0.1) is 0 Å². The molecule has 0 aliphatic carbocycles. The van der Waals surface area contributed by atoms with Gasteiger partial charge in [0.2, 0.25) is 0 Å². The minimum absolute atomic E-state index is 0.389. The number of carbonyl (C=O) groups excluding carboxylic acids is 1. The highest BCUT2D eigenvalue weighted by Crippen LogP contribution is 2.27. The lowest BCUT2D eigenvalue weighted by atomic mass is 10.2. The predicted octanol–water partition coefficient (Wildman–Crippen LogP) is 3.03. The van der Waals surface area contributed by atoms with Gasteiger partial charge >= 0.3 is 0 Å². The van der Waals surface area contributed by atoms with Crippen LogP contribution in [0, 0.1) is 0 Å². The van der Waals surface area contributed by atoms with Crippen LogP contribution in [0.25, 0.3) is 0 Å². The summed E-state index contributed by atoms with van der Waals surface area (Å²) in [5.41, 5.74) is 2.92. The van der Waals surface area contributed by atoms with E-state index in [1.807, 2.05) is 6.92 Å². The molecule has 0 aromatic heterocycles. The van der Waals surface area contributed by atoms with Crippen molar-refractivity contribution in [1.82, 2.24) is 0 Å². The monoisotopic (exact) mass is 240 g/mol. The van der Waals surface area contributed by atoms with Gasteiger partial charge in [-0.25, -0.2) is 0 Å². The highest BCUT2D eigenvalue weighted by molar-refractivity contribution is 6.25. The maximum atomic E-state index is 10.6. The Morgan fingerprint density at radius 3 is 2.75 bits per heavy atom. The van der Waals surface area contributed by atoms with E-state index in [1.54, 1.807) is 18.2 Å². The van der Waals surface area contributed by atoms with Crippen molar-refractivity contribution in [2.24, 2.45) is 0 Å². The molecule has 3 nitrogen and oxygen atoms in total. The van der Waals surface area contributed by atoms with Crippen molar-refractivity contribution in [2.75, 3.05) is 13.7 Å². The summed E-state index contributed by atoms with van der Waals surface area (Å²) in [6.07, 6.45) is 0.760. The third-order valence-electron chi connectivity index (χ3n) is 1.97. The van der Waals surface area contributed by atoms with E-state index < -0.39 is 0 Å². The zero-order chi connectivity index (χ0) is 12.0. The number of rotatable bonds is 5. The number of hydrogen-bond donors (Lipinski definition) is 0. The van der Waals surface area contributed by atoms with E-state index in [9.17, 15) is 4.79 Å². The van der Waals surface area contributed by atoms with Crippen molar-refractivity contribution in [3.05, 3.63) is 34.9 Å². The first kappa shape index (κ1) is 12.6. The topological polar surface area (TPSA) is 35.5 Å². The molecule has 0 radical (unpaired) electrons. The molecule has 0 amide bonds. The largest absolute Gasteiger partial charge is 0.493 e. The quantitative estimate of drug-likeness (QED) is 0.742. The highest BCUT2D eigenvalue weighted by atomic mass is 35.5. The second-order valence-electron chi connectivity index (χ2n) is 3.27. The first-order valence-corrected chi connectivity index (χ1v) is 5.16. The van der Waals surface area contributed by atoms with Crippen LogP contribution in [0.2, 0.25) is 0 Å². The van der Waals surface area contributed by atoms with Gasteiger partial charge < -0.3 is 9.47 Å². The SMILES string of the molecule is COc1cc(C=O)ccc1OC/C(C)=C/Cl. The summed E-state index contributed by atoms with van der Waals surface area (Å²) in [5, 5.41) is 0. The second kappa shape index (κ2) is 6.18. The number of benzene rings is 1. The molecule has 0 spiro atoms. The molecule has 86 valence electrons. The molecule has 0 atom stereocenters. The van der Waals surface area contributed by atoms with Crippen LogP contribution >= 0.6 is 11.6 Å². The lowest BCUT2D eigenvalue weighted by Gasteiger charge is -2.10. The van der Waals surface area contributed by atoms with Crippen LogP contribution < -0.4 is 9.47 Å². The van der Waals surface area contributed by atoms with Crippen molar-refractivity contribution < 1.29 is 14.3 Å². The Balaban J connectivity index is 2.83. The fraction of sp³-hybridized carbons (Fsp3) is 0.250. The fourth-order valence-corrected chi connectivity index (χ4v) is 1.16. The minimum Gasteiger partial charge on any atom is -0.493 e. The van der Waals surface area contributed by atoms with Crippen molar-refractivity contribution in [3.63, 3.8) is 0 Å². The molecule has 1 rings (SSSR count). The van der Waals surface area contributed by atoms with Gasteiger partial charge in [0.15, 0.2) is 11.5 Å². The van der Waals surface area contributed by atoms with E-state index in [-0.39, 0.29) is 0 Å². The Labute approximate surface area is 99.6 Å². The van der Waals surface area contributed by atoms with Gasteiger partial charge in [0.25, 0.3) is 0 Å². The molecule has 0 fully saturated rings. The van der Waals surface area contributed by atoms with E-state index >= 15 is 0 Å². The Hall–Kier alpha value is -1.48. The van der Waals surface area contributed by atoms with Crippen LogP contribution in [0.15, 0.2) is 29.3 Å². The zero-order valence-corrected chi connectivity index (χ0v) is 9.95. The van der Waals surface area contributed by atoms with Crippen LogP contribution in [-0.4, -0.2) is 20.0 Å². The van der Waals surface area contributed by atoms with Gasteiger partial charge in [-0.1, -0.05) is 11.6 Å². The Bertz CT molecular complexity index is 399. The van der Waals surface area contributed by atoms with Crippen molar-refractivity contribution in [3.8, 4) is 11.5 Å². The molecule has 0 saturated carbocycles. The number of halogens is 1. The lowest BCUT2D eigenvalue weighted by molar-refractivity contribution is 0.112. The second-order valence-corrected chi connectivity index (χ2v) is 3.49. The third-order valence-corrected chi connectivity index (χ3v) is 2.34. The molecular formula is C12H13ClO3. The molecule has 0 unspecified atom stereocenters. The normalized spacial score (nSPS) is 11.1. The Morgan fingerprint density at radius 2 is 2.19 bits per heavy atom. The molecule has 0 N–H and O–H groups in total. The third kappa shape index (κ3) is 3.28. The molecule has 16 heavy (non-hydrogen) atoms. The molecule has 4 heteroatoms. The molecular weight excluding hydrogens is 228 g/mol. The van der Waals surface area contributed by atoms with Crippen LogP contribution in [0.4, 0.5) is 0 Å². The number of carbonyl (C=O) groups is 1. The predicted molar refractivity (Wildman–Crippen MR) is 63.5 cm³/mol. The maximum absolute atomic E-state index is 10.6. The Kier molecular flexibility index (Phi) is 4.86. The summed E-state index contributed by atoms with van der Waals surface area (Å²) >= 11 is 5.52. The number of aldehydes is 1. The number of hydrogen-bond acceptors (Lipinski definition) is 3. The molecule has 0 aliphatic rings. The molecule has 1 aromatic carbocycles. The molecule has 0 heterocycles. The molecule has 0 aliphatic heterocycles. The molecule has 0 bridgehead atoms. The maximum Gasteiger partial charge on any atom is 0.161 e. The van der Waals surface area contributed by atoms with Crippen LogP contribution in [-0.2, 0) is 0 Å². The summed E-state index contributed by atoms with van der Waals surface area (Å²) in [7, 11) is 1.53. The van der Waals surface area contributed by atoms with E-state index in [0.717, 1.165) is 11.9 Å². The highest BCUT2D eigenvalue weighted by Gasteiger charge is 2.05. The Morgan fingerprint density at radius 1 is 1.44 bits per heavy atom. The van der Waals surface area contributed by atoms with Crippen LogP contribution in [0.3, 0.4) is 0 Å². The first-order valence-electron chi connectivity index (χ1n) is 4.73. The van der Waals surface area contributed by atoms with Crippen molar-refractivity contribution in [2.45, 2.75) is 6.92 Å². The zero-order valence-electron chi connectivity index (χ0n) is 9.20. The molecule has 1 aromatic rings. The van der Waals surface area contributed by atoms with Gasteiger partial charge in [0, 0.05) is 11.1 Å². The summed E-state index contributed by atoms with van der Waals surface area (Å²) in [5.74, 6) is 1.12. The van der Waals surface area contributed by atoms with Gasteiger partial charge in [-0.2, -0.15) is 0 Å². The summed E-state index contributed by atoms with van der Waals surface area (Å²) in [6.45, 7) is 2.25. The van der Waals surface area contributed by atoms with Crippen LogP contribution in [0.5, 0.6) is 11.5 Å².